The normalized spacial score (nSPS) is 17.1. The molecule has 0 unspecified atom stereocenters. The fourth-order valence-corrected chi connectivity index (χ4v) is 3.26. The van der Waals surface area contributed by atoms with Crippen LogP contribution in [-0.4, -0.2) is 36.4 Å². The fourth-order valence-electron chi connectivity index (χ4n) is 3.26. The molecule has 3 rings (SSSR count). The van der Waals surface area contributed by atoms with Crippen molar-refractivity contribution in [1.29, 1.82) is 0 Å². The first kappa shape index (κ1) is 16.3. The summed E-state index contributed by atoms with van der Waals surface area (Å²) in [6, 6.07) is 11.7. The van der Waals surface area contributed by atoms with Gasteiger partial charge in [0.05, 0.1) is 6.04 Å². The summed E-state index contributed by atoms with van der Waals surface area (Å²) in [4.78, 5) is 31.6. The number of H-pyrrole nitrogens is 1. The standard InChI is InChI=1S/C19H23N3O2/c1-13-9-10-16(18(23)20-13)19(24)22-11-5-8-17(22)14-6-4-7-15(12-14)21(2)3/h4,6-7,9-10,12,17H,5,8,11H2,1-3H3,(H,20,23)/t17-/m0/s1. The minimum atomic E-state index is -0.312. The Hall–Kier alpha value is -2.56. The Morgan fingerprint density at radius 1 is 1.25 bits per heavy atom. The Kier molecular flexibility index (Phi) is 4.42. The van der Waals surface area contributed by atoms with E-state index < -0.39 is 0 Å². The predicted octanol–water partition coefficient (Wildman–Crippen LogP) is 2.73. The highest BCUT2D eigenvalue weighted by Crippen LogP contribution is 2.34. The van der Waals surface area contributed by atoms with Gasteiger partial charge in [-0.2, -0.15) is 0 Å². The predicted molar refractivity (Wildman–Crippen MR) is 95.6 cm³/mol. The number of likely N-dealkylation sites (tertiary alicyclic amines) is 1. The number of carbonyl (C=O) groups excluding carboxylic acids is 1. The molecule has 1 aliphatic heterocycles. The number of hydrogen-bond donors (Lipinski definition) is 1. The lowest BCUT2D eigenvalue weighted by atomic mass is 10.0. The smallest absolute Gasteiger partial charge is 0.260 e. The summed E-state index contributed by atoms with van der Waals surface area (Å²) in [5.74, 6) is -0.186. The first-order chi connectivity index (χ1) is 11.5. The molecule has 1 amide bonds. The summed E-state index contributed by atoms with van der Waals surface area (Å²) in [6.07, 6.45) is 1.87. The SMILES string of the molecule is Cc1ccc(C(=O)N2CCC[C@H]2c2cccc(N(C)C)c2)c(=O)[nH]1. The van der Waals surface area contributed by atoms with Gasteiger partial charge in [0.2, 0.25) is 0 Å². The number of rotatable bonds is 3. The number of aromatic nitrogens is 1. The minimum absolute atomic E-state index is 0.0260. The van der Waals surface area contributed by atoms with E-state index in [4.69, 9.17) is 0 Å². The average Bonchev–Trinajstić information content (AvgIpc) is 3.04. The number of pyridine rings is 1. The zero-order valence-electron chi connectivity index (χ0n) is 14.4. The van der Waals surface area contributed by atoms with Gasteiger partial charge >= 0.3 is 0 Å². The van der Waals surface area contributed by atoms with Crippen molar-refractivity contribution in [1.82, 2.24) is 9.88 Å². The Morgan fingerprint density at radius 2 is 2.04 bits per heavy atom. The Bertz CT molecular complexity index is 810. The zero-order chi connectivity index (χ0) is 17.3. The fraction of sp³-hybridized carbons (Fsp3) is 0.368. The van der Waals surface area contributed by atoms with Gasteiger partial charge in [-0.3, -0.25) is 9.59 Å². The monoisotopic (exact) mass is 325 g/mol. The summed E-state index contributed by atoms with van der Waals surface area (Å²) >= 11 is 0. The molecule has 0 spiro atoms. The number of benzene rings is 1. The van der Waals surface area contributed by atoms with Gasteiger partial charge < -0.3 is 14.8 Å². The molecular formula is C19H23N3O2. The Morgan fingerprint density at radius 3 is 2.75 bits per heavy atom. The maximum absolute atomic E-state index is 12.9. The third-order valence-electron chi connectivity index (χ3n) is 4.57. The van der Waals surface area contributed by atoms with Crippen LogP contribution in [0.15, 0.2) is 41.2 Å². The van der Waals surface area contributed by atoms with Crippen LogP contribution in [0.3, 0.4) is 0 Å². The van der Waals surface area contributed by atoms with E-state index >= 15 is 0 Å². The number of nitrogens with one attached hydrogen (secondary N) is 1. The van der Waals surface area contributed by atoms with Crippen LogP contribution in [0.25, 0.3) is 0 Å². The van der Waals surface area contributed by atoms with Crippen LogP contribution in [0.2, 0.25) is 0 Å². The van der Waals surface area contributed by atoms with Crippen LogP contribution in [-0.2, 0) is 0 Å². The maximum Gasteiger partial charge on any atom is 0.260 e. The van der Waals surface area contributed by atoms with Crippen molar-refractivity contribution in [3.8, 4) is 0 Å². The van der Waals surface area contributed by atoms with Crippen LogP contribution in [0.1, 0.15) is 40.5 Å². The number of carbonyl (C=O) groups is 1. The van der Waals surface area contributed by atoms with Gasteiger partial charge in [-0.05, 0) is 49.6 Å². The topological polar surface area (TPSA) is 56.4 Å². The van der Waals surface area contributed by atoms with Crippen molar-refractivity contribution in [2.45, 2.75) is 25.8 Å². The summed E-state index contributed by atoms with van der Waals surface area (Å²) in [6.45, 7) is 2.49. The number of anilines is 1. The highest BCUT2D eigenvalue weighted by molar-refractivity contribution is 5.94. The molecule has 126 valence electrons. The lowest BCUT2D eigenvalue weighted by molar-refractivity contribution is 0.0734. The van der Waals surface area contributed by atoms with Crippen LogP contribution >= 0.6 is 0 Å². The number of amides is 1. The molecule has 2 heterocycles. The second-order valence-electron chi connectivity index (χ2n) is 6.53. The highest BCUT2D eigenvalue weighted by atomic mass is 16.2. The van der Waals surface area contributed by atoms with E-state index in [1.807, 2.05) is 25.1 Å². The molecule has 1 aromatic heterocycles. The second-order valence-corrected chi connectivity index (χ2v) is 6.53. The van der Waals surface area contributed by atoms with Crippen molar-refractivity contribution in [2.75, 3.05) is 25.5 Å². The van der Waals surface area contributed by atoms with Gasteiger partial charge in [0.1, 0.15) is 5.56 Å². The molecule has 1 aromatic carbocycles. The van der Waals surface area contributed by atoms with Crippen LogP contribution in [0.5, 0.6) is 0 Å². The van der Waals surface area contributed by atoms with E-state index in [1.54, 1.807) is 19.1 Å². The van der Waals surface area contributed by atoms with Gasteiger partial charge in [-0.25, -0.2) is 0 Å². The van der Waals surface area contributed by atoms with E-state index in [-0.39, 0.29) is 23.1 Å². The minimum Gasteiger partial charge on any atom is -0.378 e. The highest BCUT2D eigenvalue weighted by Gasteiger charge is 2.31. The molecule has 0 aliphatic carbocycles. The molecule has 0 saturated carbocycles. The lowest BCUT2D eigenvalue weighted by Gasteiger charge is -2.26. The molecule has 2 aromatic rings. The summed E-state index contributed by atoms with van der Waals surface area (Å²) in [7, 11) is 4.01. The lowest BCUT2D eigenvalue weighted by Crippen LogP contribution is -2.34. The number of hydrogen-bond acceptors (Lipinski definition) is 3. The summed E-state index contributed by atoms with van der Waals surface area (Å²) < 4.78 is 0. The van der Waals surface area contributed by atoms with Crippen molar-refractivity contribution < 1.29 is 4.79 Å². The zero-order valence-corrected chi connectivity index (χ0v) is 14.4. The molecule has 1 aliphatic rings. The van der Waals surface area contributed by atoms with Gasteiger partial charge in [-0.15, -0.1) is 0 Å². The van der Waals surface area contributed by atoms with Crippen LogP contribution < -0.4 is 10.5 Å². The van der Waals surface area contributed by atoms with E-state index in [1.165, 1.54) is 0 Å². The average molecular weight is 325 g/mol. The largest absolute Gasteiger partial charge is 0.378 e. The molecule has 1 atom stereocenters. The molecule has 24 heavy (non-hydrogen) atoms. The van der Waals surface area contributed by atoms with E-state index in [2.05, 4.69) is 28.1 Å². The van der Waals surface area contributed by atoms with Crippen molar-refractivity contribution in [2.24, 2.45) is 0 Å². The first-order valence-electron chi connectivity index (χ1n) is 8.25. The van der Waals surface area contributed by atoms with Gasteiger partial charge in [0.25, 0.3) is 11.5 Å². The third-order valence-corrected chi connectivity index (χ3v) is 4.57. The molecular weight excluding hydrogens is 302 g/mol. The molecule has 1 saturated heterocycles. The van der Waals surface area contributed by atoms with Crippen molar-refractivity contribution in [3.63, 3.8) is 0 Å². The molecule has 5 heteroatoms. The summed E-state index contributed by atoms with van der Waals surface area (Å²) in [5, 5.41) is 0. The molecule has 1 fully saturated rings. The molecule has 1 N–H and O–H groups in total. The van der Waals surface area contributed by atoms with Gasteiger partial charge in [0, 0.05) is 32.0 Å². The van der Waals surface area contributed by atoms with E-state index in [0.717, 1.165) is 29.8 Å². The Labute approximate surface area is 141 Å². The van der Waals surface area contributed by atoms with Crippen LogP contribution in [0, 0.1) is 6.92 Å². The second kappa shape index (κ2) is 6.51. The third kappa shape index (κ3) is 3.07. The van der Waals surface area contributed by atoms with Gasteiger partial charge in [0.15, 0.2) is 0 Å². The van der Waals surface area contributed by atoms with Crippen molar-refractivity contribution in [3.05, 3.63) is 63.6 Å². The van der Waals surface area contributed by atoms with Gasteiger partial charge in [-0.1, -0.05) is 12.1 Å². The van der Waals surface area contributed by atoms with E-state index in [0.29, 0.717) is 6.54 Å². The molecule has 0 bridgehead atoms. The molecule has 5 nitrogen and oxygen atoms in total. The molecule has 0 radical (unpaired) electrons. The summed E-state index contributed by atoms with van der Waals surface area (Å²) in [5.41, 5.74) is 2.90. The van der Waals surface area contributed by atoms with Crippen LogP contribution in [0.4, 0.5) is 5.69 Å². The number of aryl methyl sites for hydroxylation is 1. The first-order valence-corrected chi connectivity index (χ1v) is 8.25. The Balaban J connectivity index is 1.92. The van der Waals surface area contributed by atoms with E-state index in [9.17, 15) is 9.59 Å². The number of aromatic amines is 1. The maximum atomic E-state index is 12.9. The quantitative estimate of drug-likeness (QED) is 0.944. The van der Waals surface area contributed by atoms with Crippen molar-refractivity contribution >= 4 is 11.6 Å². The number of nitrogens with zero attached hydrogens (tertiary/aromatic N) is 2.